The molecule has 9 nitrogen and oxygen atoms in total. The van der Waals surface area contributed by atoms with E-state index in [0.29, 0.717) is 37.6 Å². The summed E-state index contributed by atoms with van der Waals surface area (Å²) < 4.78 is 10.7. The molecule has 1 aliphatic carbocycles. The van der Waals surface area contributed by atoms with Crippen molar-refractivity contribution in [3.8, 4) is 0 Å². The fraction of sp³-hybridized carbons (Fsp3) is 0.486. The zero-order chi connectivity index (χ0) is 34.5. The molecule has 0 radical (unpaired) electrons. The van der Waals surface area contributed by atoms with Crippen LogP contribution in [0.1, 0.15) is 71.7 Å². The third-order valence-electron chi connectivity index (χ3n) is 7.02. The van der Waals surface area contributed by atoms with Gasteiger partial charge in [0.1, 0.15) is 6.10 Å². The van der Waals surface area contributed by atoms with Crippen molar-refractivity contribution in [3.63, 3.8) is 0 Å². The van der Waals surface area contributed by atoms with Crippen molar-refractivity contribution in [1.82, 2.24) is 15.2 Å². The number of hydrogen-bond acceptors (Lipinski definition) is 6. The number of amides is 2. The number of H-pyrrole nitrogens is 1. The van der Waals surface area contributed by atoms with Crippen LogP contribution in [0.25, 0.3) is 10.9 Å². The summed E-state index contributed by atoms with van der Waals surface area (Å²) in [5.74, 6) is 5.28. The van der Waals surface area contributed by atoms with Gasteiger partial charge in [0.15, 0.2) is 0 Å². The maximum absolute atomic E-state index is 11.9. The number of allylic oxidation sites excluding steroid dienone is 3. The van der Waals surface area contributed by atoms with E-state index in [1.165, 1.54) is 5.56 Å². The molecule has 3 unspecified atom stereocenters. The number of rotatable bonds is 12. The molecule has 2 aliphatic rings. The maximum Gasteiger partial charge on any atom is 0.219 e. The predicted molar refractivity (Wildman–Crippen MR) is 190 cm³/mol. The summed E-state index contributed by atoms with van der Waals surface area (Å²) in [6.07, 6.45) is 13.8. The summed E-state index contributed by atoms with van der Waals surface area (Å²) in [6, 6.07) is 5.64. The Morgan fingerprint density at radius 2 is 2.00 bits per heavy atom. The van der Waals surface area contributed by atoms with Crippen molar-refractivity contribution >= 4 is 46.4 Å². The second kappa shape index (κ2) is 23.4. The van der Waals surface area contributed by atoms with Gasteiger partial charge >= 0.3 is 0 Å². The average Bonchev–Trinajstić information content (AvgIpc) is 3.47. The Morgan fingerprint density at radius 3 is 2.59 bits per heavy atom. The highest BCUT2D eigenvalue weighted by molar-refractivity contribution is 6.31. The quantitative estimate of drug-likeness (QED) is 0.123. The zero-order valence-electron chi connectivity index (χ0n) is 28.3. The van der Waals surface area contributed by atoms with Crippen LogP contribution in [0.2, 0.25) is 5.02 Å². The van der Waals surface area contributed by atoms with Crippen LogP contribution in [0.4, 0.5) is 0 Å². The summed E-state index contributed by atoms with van der Waals surface area (Å²) >= 11 is 11.8. The molecule has 256 valence electrons. The minimum Gasteiger partial charge on any atom is -0.381 e. The Kier molecular flexibility index (Phi) is 20.9. The van der Waals surface area contributed by atoms with Gasteiger partial charge in [-0.25, -0.2) is 5.90 Å². The Bertz CT molecular complexity index is 1320. The van der Waals surface area contributed by atoms with Gasteiger partial charge in [-0.3, -0.25) is 14.4 Å². The van der Waals surface area contributed by atoms with Gasteiger partial charge < -0.3 is 24.7 Å². The molecule has 1 aliphatic heterocycles. The van der Waals surface area contributed by atoms with Crippen LogP contribution >= 0.6 is 23.2 Å². The smallest absolute Gasteiger partial charge is 0.219 e. The minimum absolute atomic E-state index is 0.0620. The molecule has 1 aromatic heterocycles. The Balaban J connectivity index is 0.000000697. The molecule has 2 aromatic rings. The van der Waals surface area contributed by atoms with Crippen molar-refractivity contribution in [1.29, 1.82) is 0 Å². The highest BCUT2D eigenvalue weighted by atomic mass is 35.5. The zero-order valence-corrected chi connectivity index (χ0v) is 29.8. The number of carbonyl (C=O) groups is 2. The summed E-state index contributed by atoms with van der Waals surface area (Å²) in [4.78, 5) is 33.5. The van der Waals surface area contributed by atoms with E-state index in [4.69, 9.17) is 43.4 Å². The van der Waals surface area contributed by atoms with Crippen molar-refractivity contribution in [2.45, 2.75) is 79.1 Å². The van der Waals surface area contributed by atoms with E-state index in [1.807, 2.05) is 88.1 Å². The SMILES string of the molecule is C/C=C(Cl)\C=C/COC.CC.CC.CCC(=O)NCC(COC1C=CC(C2c3[nH]c4ccc(Cl)cc4c3CCN2C=O)=CC1)ON. The van der Waals surface area contributed by atoms with Gasteiger partial charge in [-0.05, 0) is 55.2 Å². The number of nitrogens with zero attached hydrogens (tertiary/aromatic N) is 1. The number of aromatic amines is 1. The highest BCUT2D eigenvalue weighted by Crippen LogP contribution is 2.40. The number of methoxy groups -OCH3 is 1. The summed E-state index contributed by atoms with van der Waals surface area (Å²) in [5.41, 5.74) is 4.30. The number of carbonyl (C=O) groups excluding carboxylic acids is 2. The molecule has 0 saturated carbocycles. The Labute approximate surface area is 284 Å². The fourth-order valence-electron chi connectivity index (χ4n) is 4.78. The van der Waals surface area contributed by atoms with Crippen LogP contribution in [0.15, 0.2) is 65.3 Å². The van der Waals surface area contributed by atoms with Crippen molar-refractivity contribution in [2.24, 2.45) is 5.90 Å². The summed E-state index contributed by atoms with van der Waals surface area (Å²) in [7, 11) is 1.65. The first kappa shape index (κ1) is 41.1. The molecular formula is C35H52Cl2N4O5. The van der Waals surface area contributed by atoms with Gasteiger partial charge in [-0.15, -0.1) is 0 Å². The summed E-state index contributed by atoms with van der Waals surface area (Å²) in [5, 5.41) is 5.30. The number of aromatic nitrogens is 1. The normalized spacial score (nSPS) is 17.8. The van der Waals surface area contributed by atoms with Crippen molar-refractivity contribution in [3.05, 3.63) is 81.5 Å². The molecule has 46 heavy (non-hydrogen) atoms. The van der Waals surface area contributed by atoms with Gasteiger partial charge in [0.25, 0.3) is 0 Å². The lowest BCUT2D eigenvalue weighted by Gasteiger charge is -2.35. The third kappa shape index (κ3) is 12.7. The number of ether oxygens (including phenoxy) is 2. The van der Waals surface area contributed by atoms with E-state index in [0.717, 1.165) is 40.0 Å². The third-order valence-corrected chi connectivity index (χ3v) is 7.60. The molecule has 0 saturated heterocycles. The number of nitrogens with two attached hydrogens (primary N) is 1. The Hall–Kier alpha value is -2.92. The monoisotopic (exact) mass is 678 g/mol. The highest BCUT2D eigenvalue weighted by Gasteiger charge is 2.32. The minimum atomic E-state index is -0.427. The van der Waals surface area contributed by atoms with Gasteiger partial charge in [-0.2, -0.15) is 0 Å². The van der Waals surface area contributed by atoms with E-state index in [1.54, 1.807) is 14.0 Å². The van der Waals surface area contributed by atoms with Crippen molar-refractivity contribution in [2.75, 3.05) is 33.4 Å². The summed E-state index contributed by atoms with van der Waals surface area (Å²) in [6.45, 7) is 13.5. The van der Waals surface area contributed by atoms with Crippen LogP contribution < -0.4 is 11.2 Å². The van der Waals surface area contributed by atoms with Gasteiger partial charge in [0.2, 0.25) is 12.3 Å². The van der Waals surface area contributed by atoms with Crippen LogP contribution in [0.3, 0.4) is 0 Å². The second-order valence-corrected chi connectivity index (χ2v) is 10.7. The lowest BCUT2D eigenvalue weighted by atomic mass is 9.89. The van der Waals surface area contributed by atoms with Gasteiger partial charge in [0, 0.05) is 53.3 Å². The van der Waals surface area contributed by atoms with Crippen LogP contribution in [0.5, 0.6) is 0 Å². The molecule has 0 fully saturated rings. The lowest BCUT2D eigenvalue weighted by molar-refractivity contribution is -0.122. The van der Waals surface area contributed by atoms with E-state index >= 15 is 0 Å². The molecule has 4 rings (SSSR count). The van der Waals surface area contributed by atoms with Crippen molar-refractivity contribution < 1.29 is 23.9 Å². The van der Waals surface area contributed by atoms with Gasteiger partial charge in [-0.1, -0.05) is 88.2 Å². The molecule has 3 atom stereocenters. The molecule has 0 bridgehead atoms. The first-order valence-corrected chi connectivity index (χ1v) is 16.7. The first-order valence-electron chi connectivity index (χ1n) is 15.9. The lowest BCUT2D eigenvalue weighted by Crippen LogP contribution is -2.38. The second-order valence-electron chi connectivity index (χ2n) is 9.82. The molecule has 0 spiro atoms. The molecule has 11 heteroatoms. The molecule has 2 amide bonds. The molecule has 2 heterocycles. The van der Waals surface area contributed by atoms with E-state index in [9.17, 15) is 9.59 Å². The fourth-order valence-corrected chi connectivity index (χ4v) is 5.04. The van der Waals surface area contributed by atoms with Crippen LogP contribution in [-0.2, 0) is 30.3 Å². The van der Waals surface area contributed by atoms with E-state index in [2.05, 4.69) is 16.4 Å². The Morgan fingerprint density at radius 1 is 1.26 bits per heavy atom. The maximum atomic E-state index is 11.9. The number of hydrogen-bond donors (Lipinski definition) is 3. The largest absolute Gasteiger partial charge is 0.381 e. The topological polar surface area (TPSA) is 119 Å². The van der Waals surface area contributed by atoms with E-state index < -0.39 is 6.10 Å². The van der Waals surface area contributed by atoms with E-state index in [-0.39, 0.29) is 24.7 Å². The van der Waals surface area contributed by atoms with Crippen LogP contribution in [-0.4, -0.2) is 67.8 Å². The standard InChI is InChI=1S/C24H29ClN4O4.C7H11ClO.2C2H6/c1-2-22(31)27-12-18(33-26)13-32-17-6-3-15(4-7-17)24-23-19(9-10-29(24)14-30)20-11-16(25)5-8-21(20)28-23;1-3-7(8)5-4-6-9-2;2*1-2/h3-6,8,11,14,17-18,24,28H,2,7,9-10,12-13,26H2,1H3,(H,27,31);3-5H,6H2,1-2H3;2*1-2H3/b;5-4-,7-3+;;. The molecule has 4 N–H and O–H groups in total. The predicted octanol–water partition coefficient (Wildman–Crippen LogP) is 7.32. The number of benzene rings is 1. The average molecular weight is 680 g/mol. The number of nitrogens with one attached hydrogen (secondary N) is 2. The van der Waals surface area contributed by atoms with Crippen LogP contribution in [0, 0.1) is 0 Å². The number of halogens is 2. The first-order chi connectivity index (χ1) is 22.3. The molecular weight excluding hydrogens is 627 g/mol. The number of fused-ring (bicyclic) bond motifs is 3. The molecule has 1 aromatic carbocycles. The van der Waals surface area contributed by atoms with Gasteiger partial charge in [0.05, 0.1) is 25.4 Å².